The van der Waals surface area contributed by atoms with Gasteiger partial charge < -0.3 is 4.42 Å². The van der Waals surface area contributed by atoms with Gasteiger partial charge in [0.05, 0.1) is 0 Å². The van der Waals surface area contributed by atoms with Crippen LogP contribution in [0.5, 0.6) is 0 Å². The third-order valence-corrected chi connectivity index (χ3v) is 2.19. The van der Waals surface area contributed by atoms with Crippen LogP contribution in [0.2, 0.25) is 5.22 Å². The van der Waals surface area contributed by atoms with E-state index in [4.69, 9.17) is 16.0 Å². The number of furan rings is 1. The van der Waals surface area contributed by atoms with E-state index >= 15 is 0 Å². The molecule has 2 nitrogen and oxygen atoms in total. The number of hydrogen-bond donors (Lipinski definition) is 0. The van der Waals surface area contributed by atoms with Gasteiger partial charge in [-0.1, -0.05) is 6.07 Å². The van der Waals surface area contributed by atoms with Gasteiger partial charge in [0.25, 0.3) is 0 Å². The number of rotatable bonds is 2. The summed E-state index contributed by atoms with van der Waals surface area (Å²) >= 11 is 5.71. The highest BCUT2D eigenvalue weighted by Crippen LogP contribution is 2.23. The lowest BCUT2D eigenvalue weighted by Crippen LogP contribution is -1.95. The lowest BCUT2D eigenvalue weighted by molar-refractivity contribution is -0.116. The molecule has 0 fully saturated rings. The molecule has 0 aliphatic carbocycles. The minimum atomic E-state index is 0.152. The van der Waals surface area contributed by atoms with E-state index in [2.05, 4.69) is 0 Å². The molecule has 1 aromatic carbocycles. The molecule has 2 aromatic rings. The fraction of sp³-hybridized carbons (Fsp3) is 0.182. The van der Waals surface area contributed by atoms with E-state index in [1.165, 1.54) is 0 Å². The van der Waals surface area contributed by atoms with Crippen molar-refractivity contribution in [2.75, 3.05) is 0 Å². The third kappa shape index (κ3) is 1.80. The van der Waals surface area contributed by atoms with Crippen molar-refractivity contribution < 1.29 is 9.21 Å². The molecule has 0 aliphatic rings. The normalized spacial score (nSPS) is 10.7. The van der Waals surface area contributed by atoms with Gasteiger partial charge in [-0.15, -0.1) is 0 Å². The summed E-state index contributed by atoms with van der Waals surface area (Å²) in [6.07, 6.45) is 0.457. The lowest BCUT2D eigenvalue weighted by Gasteiger charge is -1.96. The van der Waals surface area contributed by atoms with Crippen molar-refractivity contribution in [2.45, 2.75) is 13.3 Å². The topological polar surface area (TPSA) is 30.2 Å². The summed E-state index contributed by atoms with van der Waals surface area (Å²) in [5.41, 5.74) is 1.74. The zero-order chi connectivity index (χ0) is 10.1. The summed E-state index contributed by atoms with van der Waals surface area (Å²) in [6, 6.07) is 7.38. The maximum absolute atomic E-state index is 10.9. The summed E-state index contributed by atoms with van der Waals surface area (Å²) in [5, 5.41) is 1.31. The highest BCUT2D eigenvalue weighted by molar-refractivity contribution is 6.29. The van der Waals surface area contributed by atoms with Gasteiger partial charge in [-0.25, -0.2) is 0 Å². The van der Waals surface area contributed by atoms with E-state index in [-0.39, 0.29) is 5.78 Å². The van der Waals surface area contributed by atoms with Crippen LogP contribution in [0.1, 0.15) is 12.5 Å². The molecule has 0 amide bonds. The highest BCUT2D eigenvalue weighted by atomic mass is 35.5. The molecule has 0 saturated heterocycles. The Morgan fingerprint density at radius 3 is 2.93 bits per heavy atom. The number of carbonyl (C=O) groups excluding carboxylic acids is 1. The monoisotopic (exact) mass is 208 g/mol. The Kier molecular flexibility index (Phi) is 2.30. The van der Waals surface area contributed by atoms with Crippen LogP contribution < -0.4 is 0 Å². The molecule has 0 spiro atoms. The first-order valence-corrected chi connectivity index (χ1v) is 4.70. The van der Waals surface area contributed by atoms with Crippen LogP contribution in [-0.4, -0.2) is 5.78 Å². The third-order valence-electron chi connectivity index (χ3n) is 2.00. The van der Waals surface area contributed by atoms with E-state index in [1.807, 2.05) is 18.2 Å². The van der Waals surface area contributed by atoms with Crippen molar-refractivity contribution in [1.82, 2.24) is 0 Å². The predicted octanol–water partition coefficient (Wildman–Crippen LogP) is 3.22. The van der Waals surface area contributed by atoms with Gasteiger partial charge in [-0.2, -0.15) is 0 Å². The lowest BCUT2D eigenvalue weighted by atomic mass is 10.1. The van der Waals surface area contributed by atoms with E-state index in [0.29, 0.717) is 11.6 Å². The Morgan fingerprint density at radius 2 is 2.21 bits per heavy atom. The van der Waals surface area contributed by atoms with Crippen LogP contribution in [0.3, 0.4) is 0 Å². The Balaban J connectivity index is 2.45. The minimum Gasteiger partial charge on any atom is -0.445 e. The molecule has 2 rings (SSSR count). The molecule has 3 heteroatoms. The van der Waals surface area contributed by atoms with Gasteiger partial charge in [0, 0.05) is 17.9 Å². The molecule has 0 bridgehead atoms. The second kappa shape index (κ2) is 3.46. The van der Waals surface area contributed by atoms with Crippen molar-refractivity contribution in [3.8, 4) is 0 Å². The minimum absolute atomic E-state index is 0.152. The van der Waals surface area contributed by atoms with E-state index in [9.17, 15) is 4.79 Å². The molecule has 0 aliphatic heterocycles. The number of fused-ring (bicyclic) bond motifs is 1. The molecule has 0 N–H and O–H groups in total. The Labute approximate surface area is 86.5 Å². The fourth-order valence-electron chi connectivity index (χ4n) is 1.46. The maximum Gasteiger partial charge on any atom is 0.194 e. The summed E-state index contributed by atoms with van der Waals surface area (Å²) in [6.45, 7) is 1.58. The second-order valence-corrected chi connectivity index (χ2v) is 3.67. The Hall–Kier alpha value is -1.28. The van der Waals surface area contributed by atoms with Crippen molar-refractivity contribution in [3.05, 3.63) is 35.0 Å². The van der Waals surface area contributed by atoms with Crippen LogP contribution >= 0.6 is 11.6 Å². The Morgan fingerprint density at radius 1 is 1.43 bits per heavy atom. The van der Waals surface area contributed by atoms with Crippen molar-refractivity contribution >= 4 is 28.4 Å². The molecular weight excluding hydrogens is 200 g/mol. The van der Waals surface area contributed by atoms with Crippen LogP contribution in [0.4, 0.5) is 0 Å². The van der Waals surface area contributed by atoms with Gasteiger partial charge >= 0.3 is 0 Å². The second-order valence-electron chi connectivity index (χ2n) is 3.30. The molecule has 1 aromatic heterocycles. The van der Waals surface area contributed by atoms with Crippen LogP contribution in [0.25, 0.3) is 11.0 Å². The zero-order valence-corrected chi connectivity index (χ0v) is 8.47. The number of benzene rings is 1. The summed E-state index contributed by atoms with van der Waals surface area (Å²) in [4.78, 5) is 10.9. The highest BCUT2D eigenvalue weighted by Gasteiger charge is 2.03. The van der Waals surface area contributed by atoms with Gasteiger partial charge in [0.1, 0.15) is 11.4 Å². The maximum atomic E-state index is 10.9. The fourth-order valence-corrected chi connectivity index (χ4v) is 1.66. The van der Waals surface area contributed by atoms with E-state index in [1.54, 1.807) is 13.0 Å². The molecule has 14 heavy (non-hydrogen) atoms. The largest absolute Gasteiger partial charge is 0.445 e. The predicted molar refractivity (Wildman–Crippen MR) is 55.6 cm³/mol. The summed E-state index contributed by atoms with van der Waals surface area (Å²) in [5.74, 6) is 0.152. The van der Waals surface area contributed by atoms with Crippen molar-refractivity contribution in [1.29, 1.82) is 0 Å². The number of ketones is 1. The average Bonchev–Trinajstić information content (AvgIpc) is 2.42. The molecule has 0 radical (unpaired) electrons. The summed E-state index contributed by atoms with van der Waals surface area (Å²) in [7, 11) is 0. The molecule has 0 saturated carbocycles. The Bertz CT molecular complexity index is 485. The van der Waals surface area contributed by atoms with Crippen LogP contribution in [0.15, 0.2) is 28.7 Å². The quantitative estimate of drug-likeness (QED) is 0.759. The molecule has 72 valence electrons. The van der Waals surface area contributed by atoms with Crippen molar-refractivity contribution in [2.24, 2.45) is 0 Å². The standard InChI is InChI=1S/C11H9ClO2/c1-7(13)4-8-2-3-10-9(5-8)6-11(12)14-10/h2-3,5-6H,4H2,1H3. The molecule has 1 heterocycles. The van der Waals surface area contributed by atoms with Gasteiger partial charge in [0.15, 0.2) is 5.22 Å². The SMILES string of the molecule is CC(=O)Cc1ccc2oc(Cl)cc2c1. The summed E-state index contributed by atoms with van der Waals surface area (Å²) < 4.78 is 5.21. The average molecular weight is 209 g/mol. The molecule has 0 atom stereocenters. The first-order chi connectivity index (χ1) is 6.65. The number of halogens is 1. The van der Waals surface area contributed by atoms with E-state index in [0.717, 1.165) is 16.5 Å². The molecule has 0 unspecified atom stereocenters. The van der Waals surface area contributed by atoms with Crippen molar-refractivity contribution in [3.63, 3.8) is 0 Å². The van der Waals surface area contributed by atoms with Gasteiger partial charge in [0.2, 0.25) is 0 Å². The van der Waals surface area contributed by atoms with Crippen LogP contribution in [-0.2, 0) is 11.2 Å². The number of hydrogen-bond acceptors (Lipinski definition) is 2. The number of carbonyl (C=O) groups is 1. The van der Waals surface area contributed by atoms with Crippen LogP contribution in [0, 0.1) is 0 Å². The van der Waals surface area contributed by atoms with Gasteiger partial charge in [-0.3, -0.25) is 4.79 Å². The zero-order valence-electron chi connectivity index (χ0n) is 7.71. The first kappa shape index (κ1) is 9.28. The molecular formula is C11H9ClO2. The first-order valence-electron chi connectivity index (χ1n) is 4.32. The smallest absolute Gasteiger partial charge is 0.194 e. The van der Waals surface area contributed by atoms with E-state index < -0.39 is 0 Å². The number of Topliss-reactive ketones (excluding diaryl/α,β-unsaturated/α-hetero) is 1. The van der Waals surface area contributed by atoms with Gasteiger partial charge in [-0.05, 0) is 36.2 Å².